The number of alkyl halides is 3. The molecular formula is C8H13F3N4. The molecule has 0 bridgehead atoms. The van der Waals surface area contributed by atoms with Crippen molar-refractivity contribution in [3.05, 3.63) is 12.2 Å². The van der Waals surface area contributed by atoms with E-state index in [1.165, 1.54) is 11.0 Å². The Hall–Kier alpha value is -1.11. The van der Waals surface area contributed by atoms with Crippen LogP contribution in [0, 0.1) is 0 Å². The smallest absolute Gasteiger partial charge is 0.306 e. The summed E-state index contributed by atoms with van der Waals surface area (Å²) in [7, 11) is 1.57. The summed E-state index contributed by atoms with van der Waals surface area (Å²) in [6, 6.07) is -1.56. The van der Waals surface area contributed by atoms with E-state index in [4.69, 9.17) is 0 Å². The number of likely N-dealkylation sites (N-methyl/N-ethyl adjacent to an activating group) is 1. The molecule has 1 aromatic heterocycles. The number of hydrogen-bond donors (Lipinski definition) is 1. The predicted octanol–water partition coefficient (Wildman–Crippen LogP) is 0.898. The van der Waals surface area contributed by atoms with E-state index in [1.54, 1.807) is 14.0 Å². The van der Waals surface area contributed by atoms with Gasteiger partial charge in [0.25, 0.3) is 0 Å². The van der Waals surface area contributed by atoms with Gasteiger partial charge in [-0.25, -0.2) is 4.98 Å². The molecule has 15 heavy (non-hydrogen) atoms. The second kappa shape index (κ2) is 4.61. The summed E-state index contributed by atoms with van der Waals surface area (Å²) >= 11 is 0. The molecule has 0 aromatic carbocycles. The van der Waals surface area contributed by atoms with Crippen LogP contribution in [0.5, 0.6) is 0 Å². The summed E-state index contributed by atoms with van der Waals surface area (Å²) in [6.07, 6.45) is -3.22. The van der Waals surface area contributed by atoms with Crippen LogP contribution in [0.25, 0.3) is 0 Å². The zero-order valence-corrected chi connectivity index (χ0v) is 8.54. The summed E-state index contributed by atoms with van der Waals surface area (Å²) in [6.45, 7) is 1.90. The third-order valence-electron chi connectivity index (χ3n) is 2.04. The van der Waals surface area contributed by atoms with E-state index in [0.717, 1.165) is 0 Å². The van der Waals surface area contributed by atoms with Crippen molar-refractivity contribution in [2.75, 3.05) is 6.54 Å². The van der Waals surface area contributed by atoms with Crippen LogP contribution in [0.15, 0.2) is 6.33 Å². The maximum atomic E-state index is 12.5. The van der Waals surface area contributed by atoms with Crippen molar-refractivity contribution in [3.8, 4) is 0 Å². The highest BCUT2D eigenvalue weighted by Gasteiger charge is 2.39. The van der Waals surface area contributed by atoms with Gasteiger partial charge >= 0.3 is 6.18 Å². The van der Waals surface area contributed by atoms with E-state index in [9.17, 15) is 13.2 Å². The van der Waals surface area contributed by atoms with Crippen LogP contribution in [0.2, 0.25) is 0 Å². The molecule has 7 heteroatoms. The summed E-state index contributed by atoms with van der Waals surface area (Å²) in [5.74, 6) is 0.318. The predicted molar refractivity (Wildman–Crippen MR) is 48.2 cm³/mol. The van der Waals surface area contributed by atoms with Crippen LogP contribution in [0.3, 0.4) is 0 Å². The summed E-state index contributed by atoms with van der Waals surface area (Å²) < 4.78 is 38.9. The molecule has 86 valence electrons. The normalized spacial score (nSPS) is 14.2. The number of nitrogens with one attached hydrogen (secondary N) is 1. The Labute approximate surface area is 85.5 Å². The first kappa shape index (κ1) is 12.0. The number of nitrogens with zero attached hydrogens (tertiary/aromatic N) is 3. The van der Waals surface area contributed by atoms with Crippen molar-refractivity contribution in [2.24, 2.45) is 7.05 Å². The molecule has 0 aliphatic rings. The number of hydrogen-bond acceptors (Lipinski definition) is 3. The minimum atomic E-state index is -4.26. The standard InChI is InChI=1S/C8H13F3N4/c1-3-12-6(8(9,10)11)4-7-13-5-14-15(7)2/h5-6,12H,3-4H2,1-2H3. The first-order valence-corrected chi connectivity index (χ1v) is 4.58. The summed E-state index contributed by atoms with van der Waals surface area (Å²) in [4.78, 5) is 3.76. The van der Waals surface area contributed by atoms with Gasteiger partial charge in [0.05, 0.1) is 0 Å². The molecule has 1 atom stereocenters. The van der Waals surface area contributed by atoms with Crippen LogP contribution >= 0.6 is 0 Å². The number of aryl methyl sites for hydroxylation is 1. The molecule has 1 rings (SSSR count). The first-order valence-electron chi connectivity index (χ1n) is 4.58. The van der Waals surface area contributed by atoms with Gasteiger partial charge < -0.3 is 5.32 Å². The SMILES string of the molecule is CCNC(Cc1ncnn1C)C(F)(F)F. The Morgan fingerprint density at radius 2 is 2.20 bits per heavy atom. The van der Waals surface area contributed by atoms with Crippen LogP contribution in [-0.2, 0) is 13.5 Å². The Balaban J connectivity index is 2.71. The molecule has 0 radical (unpaired) electrons. The Morgan fingerprint density at radius 3 is 2.60 bits per heavy atom. The molecule has 1 aromatic rings. The first-order chi connectivity index (χ1) is 6.95. The molecular weight excluding hydrogens is 209 g/mol. The monoisotopic (exact) mass is 222 g/mol. The average molecular weight is 222 g/mol. The highest BCUT2D eigenvalue weighted by molar-refractivity contribution is 4.91. The highest BCUT2D eigenvalue weighted by atomic mass is 19.4. The van der Waals surface area contributed by atoms with Gasteiger partial charge in [0.15, 0.2) is 0 Å². The van der Waals surface area contributed by atoms with Crippen LogP contribution in [0.1, 0.15) is 12.7 Å². The Bertz CT molecular complexity index is 307. The lowest BCUT2D eigenvalue weighted by Crippen LogP contribution is -2.44. The van der Waals surface area contributed by atoms with Crippen molar-refractivity contribution in [2.45, 2.75) is 25.6 Å². The second-order valence-corrected chi connectivity index (χ2v) is 3.16. The third kappa shape index (κ3) is 3.19. The van der Waals surface area contributed by atoms with Gasteiger partial charge in [-0.3, -0.25) is 4.68 Å². The van der Waals surface area contributed by atoms with Crippen LogP contribution in [0.4, 0.5) is 13.2 Å². The van der Waals surface area contributed by atoms with Gasteiger partial charge in [0.2, 0.25) is 0 Å². The number of aromatic nitrogens is 3. The molecule has 4 nitrogen and oxygen atoms in total. The van der Waals surface area contributed by atoms with E-state index in [0.29, 0.717) is 5.82 Å². The van der Waals surface area contributed by atoms with E-state index >= 15 is 0 Å². The molecule has 0 fully saturated rings. The molecule has 0 spiro atoms. The molecule has 0 amide bonds. The van der Waals surface area contributed by atoms with Gasteiger partial charge in [-0.15, -0.1) is 0 Å². The Morgan fingerprint density at radius 1 is 1.53 bits per heavy atom. The minimum Gasteiger partial charge on any atom is -0.306 e. The number of halogens is 3. The third-order valence-corrected chi connectivity index (χ3v) is 2.04. The highest BCUT2D eigenvalue weighted by Crippen LogP contribution is 2.22. The average Bonchev–Trinajstić information content (AvgIpc) is 2.49. The van der Waals surface area contributed by atoms with Gasteiger partial charge in [-0.05, 0) is 6.54 Å². The lowest BCUT2D eigenvalue weighted by molar-refractivity contribution is -0.155. The lowest BCUT2D eigenvalue weighted by atomic mass is 10.2. The Kier molecular flexibility index (Phi) is 3.67. The van der Waals surface area contributed by atoms with E-state index in [-0.39, 0.29) is 13.0 Å². The van der Waals surface area contributed by atoms with E-state index < -0.39 is 12.2 Å². The molecule has 0 saturated heterocycles. The molecule has 0 saturated carbocycles. The minimum absolute atomic E-state index is 0.201. The van der Waals surface area contributed by atoms with Crippen LogP contribution < -0.4 is 5.32 Å². The van der Waals surface area contributed by atoms with E-state index in [1.807, 2.05) is 0 Å². The second-order valence-electron chi connectivity index (χ2n) is 3.16. The van der Waals surface area contributed by atoms with Crippen molar-refractivity contribution in [3.63, 3.8) is 0 Å². The molecule has 1 heterocycles. The molecule has 1 unspecified atom stereocenters. The fraction of sp³-hybridized carbons (Fsp3) is 0.750. The maximum absolute atomic E-state index is 12.5. The maximum Gasteiger partial charge on any atom is 0.404 e. The topological polar surface area (TPSA) is 42.7 Å². The molecule has 0 aliphatic carbocycles. The van der Waals surface area contributed by atoms with Gasteiger partial charge in [0.1, 0.15) is 18.2 Å². The fourth-order valence-electron chi connectivity index (χ4n) is 1.24. The lowest BCUT2D eigenvalue weighted by Gasteiger charge is -2.20. The van der Waals surface area contributed by atoms with Crippen molar-refractivity contribution in [1.82, 2.24) is 20.1 Å². The van der Waals surface area contributed by atoms with Gasteiger partial charge in [-0.2, -0.15) is 18.3 Å². The van der Waals surface area contributed by atoms with Crippen LogP contribution in [-0.4, -0.2) is 33.5 Å². The van der Waals surface area contributed by atoms with Gasteiger partial charge in [-0.1, -0.05) is 6.92 Å². The summed E-state index contributed by atoms with van der Waals surface area (Å²) in [5, 5.41) is 6.10. The summed E-state index contributed by atoms with van der Waals surface area (Å²) in [5.41, 5.74) is 0. The molecule has 0 aliphatic heterocycles. The largest absolute Gasteiger partial charge is 0.404 e. The van der Waals surface area contributed by atoms with Crippen molar-refractivity contribution >= 4 is 0 Å². The quantitative estimate of drug-likeness (QED) is 0.823. The molecule has 1 N–H and O–H groups in total. The van der Waals surface area contributed by atoms with Gasteiger partial charge in [0, 0.05) is 13.5 Å². The zero-order chi connectivity index (χ0) is 11.5. The zero-order valence-electron chi connectivity index (χ0n) is 8.54. The number of rotatable bonds is 4. The fourth-order valence-corrected chi connectivity index (χ4v) is 1.24. The van der Waals surface area contributed by atoms with Crippen molar-refractivity contribution in [1.29, 1.82) is 0 Å². The van der Waals surface area contributed by atoms with Crippen molar-refractivity contribution < 1.29 is 13.2 Å². The van der Waals surface area contributed by atoms with E-state index in [2.05, 4.69) is 15.4 Å².